The van der Waals surface area contributed by atoms with Crippen LogP contribution in [0.1, 0.15) is 5.56 Å². The lowest BCUT2D eigenvalue weighted by Gasteiger charge is -2.12. The van der Waals surface area contributed by atoms with Gasteiger partial charge in [-0.05, 0) is 25.1 Å². The van der Waals surface area contributed by atoms with E-state index in [0.717, 1.165) is 6.92 Å². The molecule has 0 unspecified atom stereocenters. The molecule has 2 rings (SSSR count). The van der Waals surface area contributed by atoms with E-state index in [0.29, 0.717) is 0 Å². The summed E-state index contributed by atoms with van der Waals surface area (Å²) in [5.41, 5.74) is -1.03. The molecule has 0 bridgehead atoms. The third-order valence-corrected chi connectivity index (χ3v) is 4.42. The van der Waals surface area contributed by atoms with Crippen molar-refractivity contribution in [1.29, 1.82) is 0 Å². The van der Waals surface area contributed by atoms with E-state index >= 15 is 0 Å². The van der Waals surface area contributed by atoms with E-state index in [1.54, 1.807) is 0 Å². The predicted molar refractivity (Wildman–Crippen MR) is 73.3 cm³/mol. The smallest absolute Gasteiger partial charge is 0.267 e. The van der Waals surface area contributed by atoms with Gasteiger partial charge < -0.3 is 0 Å². The van der Waals surface area contributed by atoms with Gasteiger partial charge >= 0.3 is 0 Å². The summed E-state index contributed by atoms with van der Waals surface area (Å²) in [6.45, 7) is 0.797. The van der Waals surface area contributed by atoms with Crippen molar-refractivity contribution in [3.63, 3.8) is 0 Å². The molecule has 0 aromatic heterocycles. The summed E-state index contributed by atoms with van der Waals surface area (Å²) >= 11 is 5.66. The third-order valence-electron chi connectivity index (χ3n) is 2.79. The molecular weight excluding hydrogens is 346 g/mol. The molecule has 0 heterocycles. The van der Waals surface area contributed by atoms with Crippen LogP contribution in [0.4, 0.5) is 23.2 Å². The normalized spacial score (nSPS) is 11.5. The molecule has 2 aromatic carbocycles. The van der Waals surface area contributed by atoms with Crippen LogP contribution >= 0.6 is 11.6 Å². The molecule has 0 amide bonds. The summed E-state index contributed by atoms with van der Waals surface area (Å²) in [6.07, 6.45) is 0. The van der Waals surface area contributed by atoms with Crippen LogP contribution in [0.25, 0.3) is 0 Å². The highest BCUT2D eigenvalue weighted by molar-refractivity contribution is 7.92. The Bertz CT molecular complexity index is 826. The molecule has 0 fully saturated rings. The molecule has 3 nitrogen and oxygen atoms in total. The molecular formula is C13H8ClF4NO2S. The van der Waals surface area contributed by atoms with Crippen LogP contribution in [0.5, 0.6) is 0 Å². The Kier molecular flexibility index (Phi) is 4.35. The molecule has 2 aromatic rings. The molecule has 0 atom stereocenters. The number of benzene rings is 2. The maximum Gasteiger partial charge on any atom is 0.267 e. The highest BCUT2D eigenvalue weighted by Crippen LogP contribution is 2.29. The van der Waals surface area contributed by atoms with Crippen LogP contribution in [0, 0.1) is 30.2 Å². The first-order valence-electron chi connectivity index (χ1n) is 5.76. The molecule has 0 aliphatic rings. The summed E-state index contributed by atoms with van der Waals surface area (Å²) in [5, 5.41) is 0.169. The summed E-state index contributed by atoms with van der Waals surface area (Å²) in [7, 11) is -4.82. The van der Waals surface area contributed by atoms with E-state index in [1.807, 2.05) is 4.72 Å². The Morgan fingerprint density at radius 2 is 1.64 bits per heavy atom. The van der Waals surface area contributed by atoms with Gasteiger partial charge in [-0.2, -0.15) is 0 Å². The second-order valence-corrected chi connectivity index (χ2v) is 6.38. The van der Waals surface area contributed by atoms with Crippen molar-refractivity contribution in [2.75, 3.05) is 4.72 Å². The van der Waals surface area contributed by atoms with Gasteiger partial charge in [0.1, 0.15) is 0 Å². The van der Waals surface area contributed by atoms with Gasteiger partial charge in [0, 0.05) is 10.6 Å². The standard InChI is InChI=1S/C13H8ClF4NO2S/c1-6-9(15)11(17)12(18)13(10(6)16)22(20,21)19-8-4-2-3-7(14)5-8/h2-5,19H,1H3. The fraction of sp³-hybridized carbons (Fsp3) is 0.0769. The minimum Gasteiger partial charge on any atom is -0.279 e. The molecule has 1 N–H and O–H groups in total. The number of rotatable bonds is 3. The van der Waals surface area contributed by atoms with E-state index in [2.05, 4.69) is 0 Å². The van der Waals surface area contributed by atoms with Crippen LogP contribution < -0.4 is 4.72 Å². The van der Waals surface area contributed by atoms with E-state index in [4.69, 9.17) is 11.6 Å². The van der Waals surface area contributed by atoms with Gasteiger partial charge in [0.25, 0.3) is 10.0 Å². The van der Waals surface area contributed by atoms with Crippen molar-refractivity contribution in [1.82, 2.24) is 0 Å². The lowest BCUT2D eigenvalue weighted by molar-refractivity contribution is 0.405. The van der Waals surface area contributed by atoms with E-state index in [1.165, 1.54) is 24.3 Å². The van der Waals surface area contributed by atoms with Gasteiger partial charge in [0.15, 0.2) is 28.2 Å². The summed E-state index contributed by atoms with van der Waals surface area (Å²) < 4.78 is 80.1. The van der Waals surface area contributed by atoms with Crippen LogP contribution in [0.3, 0.4) is 0 Å². The Morgan fingerprint density at radius 3 is 2.23 bits per heavy atom. The number of halogens is 5. The SMILES string of the molecule is Cc1c(F)c(F)c(F)c(S(=O)(=O)Nc2cccc(Cl)c2)c1F. The topological polar surface area (TPSA) is 46.2 Å². The van der Waals surface area contributed by atoms with Gasteiger partial charge in [-0.15, -0.1) is 0 Å². The average molecular weight is 354 g/mol. The first-order chi connectivity index (χ1) is 10.1. The van der Waals surface area contributed by atoms with Crippen LogP contribution in [-0.2, 0) is 10.0 Å². The fourth-order valence-electron chi connectivity index (χ4n) is 1.72. The molecule has 9 heteroatoms. The first kappa shape index (κ1) is 16.6. The van der Waals surface area contributed by atoms with Crippen molar-refractivity contribution in [3.05, 3.63) is 58.1 Å². The molecule has 0 radical (unpaired) electrons. The number of nitrogens with one attached hydrogen (secondary N) is 1. The minimum atomic E-state index is -4.82. The molecule has 0 aliphatic heterocycles. The minimum absolute atomic E-state index is 0.0892. The molecule has 0 saturated carbocycles. The summed E-state index contributed by atoms with van der Waals surface area (Å²) in [4.78, 5) is -1.59. The highest BCUT2D eigenvalue weighted by Gasteiger charge is 2.31. The van der Waals surface area contributed by atoms with Gasteiger partial charge in [0.05, 0.1) is 5.69 Å². The maximum atomic E-state index is 13.9. The third kappa shape index (κ3) is 2.89. The summed E-state index contributed by atoms with van der Waals surface area (Å²) in [6, 6.07) is 5.29. The van der Waals surface area contributed by atoms with Crippen LogP contribution in [0.2, 0.25) is 5.02 Å². The number of hydrogen-bond donors (Lipinski definition) is 1. The second kappa shape index (κ2) is 5.77. The van der Waals surface area contributed by atoms with Crippen molar-refractivity contribution in [2.45, 2.75) is 11.8 Å². The van der Waals surface area contributed by atoms with Crippen molar-refractivity contribution in [2.24, 2.45) is 0 Å². The van der Waals surface area contributed by atoms with Crippen LogP contribution in [0.15, 0.2) is 29.2 Å². The molecule has 0 saturated heterocycles. The van der Waals surface area contributed by atoms with E-state index < -0.39 is 43.8 Å². The van der Waals surface area contributed by atoms with Crippen molar-refractivity contribution >= 4 is 27.3 Å². The van der Waals surface area contributed by atoms with Gasteiger partial charge in [0.2, 0.25) is 0 Å². The molecule has 0 spiro atoms. The van der Waals surface area contributed by atoms with Gasteiger partial charge in [-0.3, -0.25) is 4.72 Å². The average Bonchev–Trinajstić information content (AvgIpc) is 2.42. The number of sulfonamides is 1. The number of anilines is 1. The molecule has 22 heavy (non-hydrogen) atoms. The zero-order valence-corrected chi connectivity index (χ0v) is 12.5. The lowest BCUT2D eigenvalue weighted by atomic mass is 10.2. The Morgan fingerprint density at radius 1 is 1.00 bits per heavy atom. The van der Waals surface area contributed by atoms with E-state index in [9.17, 15) is 26.0 Å². The Balaban J connectivity index is 2.60. The highest BCUT2D eigenvalue weighted by atomic mass is 35.5. The first-order valence-corrected chi connectivity index (χ1v) is 7.62. The predicted octanol–water partition coefficient (Wildman–Crippen LogP) is 4.01. The monoisotopic (exact) mass is 353 g/mol. The molecule has 118 valence electrons. The zero-order chi connectivity index (χ0) is 16.7. The quantitative estimate of drug-likeness (QED) is 0.515. The second-order valence-electron chi connectivity index (χ2n) is 4.33. The Labute approximate surface area is 128 Å². The lowest BCUT2D eigenvalue weighted by Crippen LogP contribution is -2.19. The largest absolute Gasteiger partial charge is 0.279 e. The summed E-state index contributed by atoms with van der Waals surface area (Å²) in [5.74, 6) is -7.68. The van der Waals surface area contributed by atoms with E-state index in [-0.39, 0.29) is 10.7 Å². The maximum absolute atomic E-state index is 13.9. The fourth-order valence-corrected chi connectivity index (χ4v) is 3.16. The van der Waals surface area contributed by atoms with Gasteiger partial charge in [-0.1, -0.05) is 17.7 Å². The van der Waals surface area contributed by atoms with Gasteiger partial charge in [-0.25, -0.2) is 26.0 Å². The molecule has 0 aliphatic carbocycles. The zero-order valence-electron chi connectivity index (χ0n) is 10.9. The van der Waals surface area contributed by atoms with Crippen LogP contribution in [-0.4, -0.2) is 8.42 Å². The number of hydrogen-bond acceptors (Lipinski definition) is 2. The van der Waals surface area contributed by atoms with Crippen molar-refractivity contribution < 1.29 is 26.0 Å². The Hall–Kier alpha value is -1.80. The van der Waals surface area contributed by atoms with Crippen molar-refractivity contribution in [3.8, 4) is 0 Å².